The van der Waals surface area contributed by atoms with Crippen LogP contribution in [-0.2, 0) is 9.84 Å². The summed E-state index contributed by atoms with van der Waals surface area (Å²) in [4.78, 5) is 0. The average molecular weight is 205 g/mol. The van der Waals surface area contributed by atoms with Gasteiger partial charge in [-0.05, 0) is 0 Å². The minimum absolute atomic E-state index is 0.139. The third-order valence-corrected chi connectivity index (χ3v) is 2.81. The Kier molecular flexibility index (Phi) is 3.98. The predicted octanol–water partition coefficient (Wildman–Crippen LogP) is 0.312. The maximum Gasteiger partial charge on any atom is 0.390 e. The quantitative estimate of drug-likeness (QED) is 0.718. The fourth-order valence-corrected chi connectivity index (χ4v) is 1.66. The first kappa shape index (κ1) is 11.7. The van der Waals surface area contributed by atoms with Crippen LogP contribution in [0, 0.1) is 0 Å². The van der Waals surface area contributed by atoms with Gasteiger partial charge in [0.15, 0.2) is 9.84 Å². The molecule has 0 aromatic rings. The lowest BCUT2D eigenvalue weighted by Gasteiger charge is -2.05. The van der Waals surface area contributed by atoms with E-state index in [2.05, 4.69) is 0 Å². The zero-order chi connectivity index (χ0) is 9.83. The molecule has 7 heteroatoms. The van der Waals surface area contributed by atoms with Gasteiger partial charge in [-0.2, -0.15) is 13.2 Å². The molecule has 0 aliphatic heterocycles. The average Bonchev–Trinajstić information content (AvgIpc) is 1.83. The van der Waals surface area contributed by atoms with E-state index < -0.39 is 28.2 Å². The Morgan fingerprint density at radius 3 is 2.00 bits per heavy atom. The molecule has 0 spiro atoms. The van der Waals surface area contributed by atoms with Crippen LogP contribution in [0.3, 0.4) is 0 Å². The largest absolute Gasteiger partial charge is 0.390 e. The highest BCUT2D eigenvalue weighted by Crippen LogP contribution is 2.20. The van der Waals surface area contributed by atoms with E-state index in [1.807, 2.05) is 0 Å². The summed E-state index contributed by atoms with van der Waals surface area (Å²) in [6.07, 6.45) is -5.71. The van der Waals surface area contributed by atoms with Gasteiger partial charge in [-0.1, -0.05) is 0 Å². The van der Waals surface area contributed by atoms with Crippen molar-refractivity contribution in [3.05, 3.63) is 0 Å². The first-order chi connectivity index (χ1) is 5.27. The van der Waals surface area contributed by atoms with Gasteiger partial charge < -0.3 is 5.73 Å². The van der Waals surface area contributed by atoms with Crippen LogP contribution in [-0.4, -0.2) is 32.6 Å². The molecule has 0 radical (unpaired) electrons. The molecule has 0 saturated heterocycles. The molecule has 0 unspecified atom stereocenters. The summed E-state index contributed by atoms with van der Waals surface area (Å²) < 4.78 is 56.0. The van der Waals surface area contributed by atoms with Crippen LogP contribution in [0.25, 0.3) is 0 Å². The van der Waals surface area contributed by atoms with Crippen LogP contribution in [0.2, 0.25) is 0 Å². The second-order valence-corrected chi connectivity index (χ2v) is 4.61. The Balaban J connectivity index is 3.94. The molecule has 12 heavy (non-hydrogen) atoms. The highest BCUT2D eigenvalue weighted by atomic mass is 32.2. The Hall–Kier alpha value is -0.300. The number of sulfone groups is 1. The summed E-state index contributed by atoms with van der Waals surface area (Å²) in [5, 5.41) is 0. The lowest BCUT2D eigenvalue weighted by molar-refractivity contribution is -0.129. The highest BCUT2D eigenvalue weighted by Gasteiger charge is 2.29. The molecule has 0 aromatic carbocycles. The number of hydrogen-bond donors (Lipinski definition) is 1. The van der Waals surface area contributed by atoms with Gasteiger partial charge in [-0.3, -0.25) is 0 Å². The van der Waals surface area contributed by atoms with Crippen LogP contribution in [0.1, 0.15) is 6.42 Å². The smallest absolute Gasteiger partial charge is 0.329 e. The number of rotatable bonds is 4. The number of hydrogen-bond acceptors (Lipinski definition) is 3. The van der Waals surface area contributed by atoms with E-state index >= 15 is 0 Å². The topological polar surface area (TPSA) is 60.2 Å². The van der Waals surface area contributed by atoms with Crippen LogP contribution in [0.4, 0.5) is 13.2 Å². The second-order valence-electron chi connectivity index (χ2n) is 2.31. The summed E-state index contributed by atoms with van der Waals surface area (Å²) >= 11 is 0. The lowest BCUT2D eigenvalue weighted by atomic mass is 10.5. The molecular formula is C5H10F3NO2S. The first-order valence-corrected chi connectivity index (χ1v) is 5.06. The van der Waals surface area contributed by atoms with Gasteiger partial charge in [0, 0.05) is 6.54 Å². The molecule has 0 heterocycles. The molecule has 0 rings (SSSR count). The number of nitrogens with two attached hydrogens (primary N) is 1. The number of alkyl halides is 3. The molecule has 0 aliphatic rings. The third-order valence-electron chi connectivity index (χ3n) is 1.13. The van der Waals surface area contributed by atoms with E-state index in [0.717, 1.165) is 0 Å². The van der Waals surface area contributed by atoms with Gasteiger partial charge in [0.25, 0.3) is 0 Å². The summed E-state index contributed by atoms with van der Waals surface area (Å²) in [5.74, 6) is -1.25. The van der Waals surface area contributed by atoms with Gasteiger partial charge in [0.2, 0.25) is 0 Å². The van der Waals surface area contributed by atoms with Crippen LogP contribution < -0.4 is 5.73 Å². The molecular weight excluding hydrogens is 195 g/mol. The molecule has 3 nitrogen and oxygen atoms in total. The van der Waals surface area contributed by atoms with Gasteiger partial charge >= 0.3 is 6.18 Å². The van der Waals surface area contributed by atoms with E-state index in [1.54, 1.807) is 0 Å². The molecule has 0 atom stereocenters. The zero-order valence-corrected chi connectivity index (χ0v) is 7.08. The first-order valence-electron chi connectivity index (χ1n) is 3.24. The van der Waals surface area contributed by atoms with Gasteiger partial charge in [0.05, 0.1) is 17.9 Å². The Bertz CT molecular complexity index is 221. The fraction of sp³-hybridized carbons (Fsp3) is 1.00. The summed E-state index contributed by atoms with van der Waals surface area (Å²) in [6.45, 7) is -0.139. The highest BCUT2D eigenvalue weighted by molar-refractivity contribution is 7.91. The van der Waals surface area contributed by atoms with Crippen LogP contribution >= 0.6 is 0 Å². The maximum absolute atomic E-state index is 11.5. The minimum atomic E-state index is -4.42. The van der Waals surface area contributed by atoms with Crippen molar-refractivity contribution < 1.29 is 21.6 Å². The van der Waals surface area contributed by atoms with Crippen molar-refractivity contribution in [2.75, 3.05) is 18.1 Å². The molecule has 0 bridgehead atoms. The van der Waals surface area contributed by atoms with Gasteiger partial charge in [-0.15, -0.1) is 0 Å². The lowest BCUT2D eigenvalue weighted by Crippen LogP contribution is -2.22. The molecule has 0 fully saturated rings. The normalized spacial score (nSPS) is 13.3. The molecule has 0 aromatic heterocycles. The van der Waals surface area contributed by atoms with Gasteiger partial charge in [0.1, 0.15) is 0 Å². The van der Waals surface area contributed by atoms with Crippen molar-refractivity contribution in [1.29, 1.82) is 0 Å². The summed E-state index contributed by atoms with van der Waals surface area (Å²) in [6, 6.07) is 0. The van der Waals surface area contributed by atoms with E-state index in [0.29, 0.717) is 0 Å². The third kappa shape index (κ3) is 6.41. The SMILES string of the molecule is NCCS(=O)(=O)CCC(F)(F)F. The van der Waals surface area contributed by atoms with Crippen molar-refractivity contribution in [2.45, 2.75) is 12.6 Å². The zero-order valence-electron chi connectivity index (χ0n) is 6.26. The van der Waals surface area contributed by atoms with E-state index in [1.165, 1.54) is 0 Å². The second kappa shape index (κ2) is 4.08. The van der Waals surface area contributed by atoms with Crippen molar-refractivity contribution in [1.82, 2.24) is 0 Å². The van der Waals surface area contributed by atoms with E-state index in [-0.39, 0.29) is 12.3 Å². The summed E-state index contributed by atoms with van der Waals surface area (Å²) in [5.41, 5.74) is 4.89. The molecule has 0 amide bonds. The number of halogens is 3. The Morgan fingerprint density at radius 1 is 1.17 bits per heavy atom. The molecule has 74 valence electrons. The van der Waals surface area contributed by atoms with Crippen molar-refractivity contribution in [3.8, 4) is 0 Å². The Morgan fingerprint density at radius 2 is 1.67 bits per heavy atom. The minimum Gasteiger partial charge on any atom is -0.329 e. The summed E-state index contributed by atoms with van der Waals surface area (Å²) in [7, 11) is -3.61. The van der Waals surface area contributed by atoms with E-state index in [4.69, 9.17) is 5.73 Å². The molecule has 0 saturated carbocycles. The monoisotopic (exact) mass is 205 g/mol. The van der Waals surface area contributed by atoms with E-state index in [9.17, 15) is 21.6 Å². The predicted molar refractivity (Wildman–Crippen MR) is 38.4 cm³/mol. The molecule has 0 aliphatic carbocycles. The van der Waals surface area contributed by atoms with Crippen LogP contribution in [0.5, 0.6) is 0 Å². The fourth-order valence-electron chi connectivity index (χ4n) is 0.553. The van der Waals surface area contributed by atoms with Crippen molar-refractivity contribution in [2.24, 2.45) is 5.73 Å². The standard InChI is InChI=1S/C5H10F3NO2S/c6-5(7,8)1-3-12(10,11)4-2-9/h1-4,9H2. The van der Waals surface area contributed by atoms with Crippen LogP contribution in [0.15, 0.2) is 0 Å². The maximum atomic E-state index is 11.5. The molecule has 2 N–H and O–H groups in total. The van der Waals surface area contributed by atoms with Gasteiger partial charge in [-0.25, -0.2) is 8.42 Å². The van der Waals surface area contributed by atoms with Crippen molar-refractivity contribution in [3.63, 3.8) is 0 Å². The van der Waals surface area contributed by atoms with Crippen molar-refractivity contribution >= 4 is 9.84 Å². The Labute approximate surface area is 68.7 Å².